The van der Waals surface area contributed by atoms with Gasteiger partial charge in [-0.25, -0.2) is 0 Å². The van der Waals surface area contributed by atoms with Gasteiger partial charge in [0.2, 0.25) is 0 Å². The zero-order chi connectivity index (χ0) is 13.8. The average molecular weight is 284 g/mol. The Morgan fingerprint density at radius 1 is 1.58 bits per heavy atom. The summed E-state index contributed by atoms with van der Waals surface area (Å²) >= 11 is 6.08. The van der Waals surface area contributed by atoms with Crippen LogP contribution in [0.2, 0.25) is 5.02 Å². The van der Waals surface area contributed by atoms with Crippen molar-refractivity contribution < 1.29 is 4.92 Å². The number of likely N-dealkylation sites (N-methyl/N-ethyl adjacent to an activating group) is 1. The number of likely N-dealkylation sites (tertiary alicyclic amines) is 1. The van der Waals surface area contributed by atoms with Crippen LogP contribution < -0.4 is 5.32 Å². The number of nitro benzene ring substituents is 1. The van der Waals surface area contributed by atoms with Crippen molar-refractivity contribution in [2.45, 2.75) is 25.8 Å². The van der Waals surface area contributed by atoms with E-state index >= 15 is 0 Å². The highest BCUT2D eigenvalue weighted by Gasteiger charge is 2.19. The molecule has 1 atom stereocenters. The summed E-state index contributed by atoms with van der Waals surface area (Å²) in [6.45, 7) is 5.33. The molecule has 0 amide bonds. The lowest BCUT2D eigenvalue weighted by atomic mass is 10.1. The lowest BCUT2D eigenvalue weighted by Gasteiger charge is -2.33. The van der Waals surface area contributed by atoms with Crippen molar-refractivity contribution in [1.29, 1.82) is 0 Å². The molecule has 1 heterocycles. The number of halogens is 1. The van der Waals surface area contributed by atoms with E-state index in [1.807, 2.05) is 0 Å². The summed E-state index contributed by atoms with van der Waals surface area (Å²) in [5.74, 6) is 0. The quantitative estimate of drug-likeness (QED) is 0.681. The minimum atomic E-state index is -0.435. The normalized spacial score (nSPS) is 20.2. The molecule has 0 aromatic heterocycles. The van der Waals surface area contributed by atoms with Gasteiger partial charge in [0.15, 0.2) is 0 Å². The molecule has 1 aliphatic rings. The Morgan fingerprint density at radius 3 is 3.00 bits per heavy atom. The van der Waals surface area contributed by atoms with E-state index in [2.05, 4.69) is 17.1 Å². The second-order valence-electron chi connectivity index (χ2n) is 4.80. The van der Waals surface area contributed by atoms with Crippen LogP contribution in [0.3, 0.4) is 0 Å². The maximum Gasteiger partial charge on any atom is 0.271 e. The monoisotopic (exact) mass is 283 g/mol. The number of nitro groups is 1. The molecule has 0 radical (unpaired) electrons. The number of hydrogen-bond acceptors (Lipinski definition) is 4. The molecule has 1 unspecified atom stereocenters. The Kier molecular flexibility index (Phi) is 4.61. The van der Waals surface area contributed by atoms with Gasteiger partial charge in [-0.1, -0.05) is 18.5 Å². The molecule has 1 N–H and O–H groups in total. The highest BCUT2D eigenvalue weighted by molar-refractivity contribution is 6.33. The summed E-state index contributed by atoms with van der Waals surface area (Å²) in [7, 11) is 0. The summed E-state index contributed by atoms with van der Waals surface area (Å²) in [4.78, 5) is 12.6. The van der Waals surface area contributed by atoms with Gasteiger partial charge in [0.1, 0.15) is 0 Å². The van der Waals surface area contributed by atoms with Gasteiger partial charge in [0.05, 0.1) is 15.6 Å². The number of piperidine rings is 1. The lowest BCUT2D eigenvalue weighted by Crippen LogP contribution is -2.41. The number of benzene rings is 1. The standard InChI is InChI=1S/C13H18ClN3O2/c1-2-16-7-3-4-10(9-16)15-13-6-5-11(17(18)19)8-12(13)14/h5-6,8,10,15H,2-4,7,9H2,1H3. The van der Waals surface area contributed by atoms with Crippen molar-refractivity contribution in [2.24, 2.45) is 0 Å². The van der Waals surface area contributed by atoms with E-state index in [-0.39, 0.29) is 5.69 Å². The van der Waals surface area contributed by atoms with Crippen LogP contribution in [0.1, 0.15) is 19.8 Å². The van der Waals surface area contributed by atoms with E-state index in [0.717, 1.165) is 38.2 Å². The molecular weight excluding hydrogens is 266 g/mol. The summed E-state index contributed by atoms with van der Waals surface area (Å²) in [6.07, 6.45) is 2.26. The molecule has 0 aliphatic carbocycles. The van der Waals surface area contributed by atoms with Gasteiger partial charge in [-0.15, -0.1) is 0 Å². The Balaban J connectivity index is 2.04. The number of anilines is 1. The Hall–Kier alpha value is -1.33. The number of non-ortho nitro benzene ring substituents is 1. The second kappa shape index (κ2) is 6.21. The van der Waals surface area contributed by atoms with Gasteiger partial charge in [-0.3, -0.25) is 10.1 Å². The third-order valence-electron chi connectivity index (χ3n) is 3.48. The number of rotatable bonds is 4. The first kappa shape index (κ1) is 14.1. The zero-order valence-corrected chi connectivity index (χ0v) is 11.7. The molecular formula is C13H18ClN3O2. The van der Waals surface area contributed by atoms with Gasteiger partial charge in [-0.05, 0) is 32.0 Å². The molecule has 1 aromatic carbocycles. The van der Waals surface area contributed by atoms with E-state index < -0.39 is 4.92 Å². The fourth-order valence-electron chi connectivity index (χ4n) is 2.42. The van der Waals surface area contributed by atoms with E-state index in [0.29, 0.717) is 11.1 Å². The first-order chi connectivity index (χ1) is 9.10. The third kappa shape index (κ3) is 3.58. The van der Waals surface area contributed by atoms with Gasteiger partial charge in [0, 0.05) is 24.7 Å². The average Bonchev–Trinajstić information content (AvgIpc) is 2.41. The van der Waals surface area contributed by atoms with Crippen LogP contribution in [0.5, 0.6) is 0 Å². The van der Waals surface area contributed by atoms with Crippen LogP contribution in [-0.2, 0) is 0 Å². The fraction of sp³-hybridized carbons (Fsp3) is 0.538. The summed E-state index contributed by atoms with van der Waals surface area (Å²) in [5, 5.41) is 14.4. The van der Waals surface area contributed by atoms with Crippen LogP contribution in [0.25, 0.3) is 0 Å². The molecule has 1 fully saturated rings. The summed E-state index contributed by atoms with van der Waals surface area (Å²) < 4.78 is 0. The van der Waals surface area contributed by atoms with Crippen molar-refractivity contribution in [3.8, 4) is 0 Å². The molecule has 0 saturated carbocycles. The maximum atomic E-state index is 10.7. The van der Waals surface area contributed by atoms with Gasteiger partial charge in [0.25, 0.3) is 5.69 Å². The Bertz CT molecular complexity index is 467. The van der Waals surface area contributed by atoms with Gasteiger partial charge in [-0.2, -0.15) is 0 Å². The highest BCUT2D eigenvalue weighted by Crippen LogP contribution is 2.28. The molecule has 2 rings (SSSR count). The van der Waals surface area contributed by atoms with Gasteiger partial charge < -0.3 is 10.2 Å². The Labute approximate surface area is 117 Å². The van der Waals surface area contributed by atoms with Crippen LogP contribution in [-0.4, -0.2) is 35.5 Å². The topological polar surface area (TPSA) is 58.4 Å². The molecule has 0 spiro atoms. The zero-order valence-electron chi connectivity index (χ0n) is 10.9. The maximum absolute atomic E-state index is 10.7. The van der Waals surface area contributed by atoms with Crippen molar-refractivity contribution in [1.82, 2.24) is 4.90 Å². The first-order valence-electron chi connectivity index (χ1n) is 6.53. The molecule has 104 valence electrons. The van der Waals surface area contributed by atoms with Crippen LogP contribution in [0.4, 0.5) is 11.4 Å². The minimum absolute atomic E-state index is 0.0226. The fourth-order valence-corrected chi connectivity index (χ4v) is 2.64. The molecule has 1 aromatic rings. The third-order valence-corrected chi connectivity index (χ3v) is 3.79. The molecule has 1 aliphatic heterocycles. The smallest absolute Gasteiger partial charge is 0.271 e. The number of hydrogen-bond donors (Lipinski definition) is 1. The van der Waals surface area contributed by atoms with Crippen LogP contribution >= 0.6 is 11.6 Å². The first-order valence-corrected chi connectivity index (χ1v) is 6.90. The SMILES string of the molecule is CCN1CCCC(Nc2ccc([N+](=O)[O-])cc2Cl)C1. The van der Waals surface area contributed by atoms with Crippen molar-refractivity contribution in [3.05, 3.63) is 33.3 Å². The molecule has 0 bridgehead atoms. The van der Waals surface area contributed by atoms with Crippen LogP contribution in [0.15, 0.2) is 18.2 Å². The summed E-state index contributed by atoms with van der Waals surface area (Å²) in [5.41, 5.74) is 0.796. The van der Waals surface area contributed by atoms with Crippen LogP contribution in [0, 0.1) is 10.1 Å². The predicted octanol–water partition coefficient (Wildman–Crippen LogP) is 3.14. The van der Waals surface area contributed by atoms with Crippen molar-refractivity contribution >= 4 is 23.0 Å². The highest BCUT2D eigenvalue weighted by atomic mass is 35.5. The minimum Gasteiger partial charge on any atom is -0.380 e. The lowest BCUT2D eigenvalue weighted by molar-refractivity contribution is -0.384. The van der Waals surface area contributed by atoms with E-state index in [1.54, 1.807) is 6.07 Å². The molecule has 1 saturated heterocycles. The molecule has 19 heavy (non-hydrogen) atoms. The second-order valence-corrected chi connectivity index (χ2v) is 5.21. The van der Waals surface area contributed by atoms with Crippen molar-refractivity contribution in [2.75, 3.05) is 25.0 Å². The largest absolute Gasteiger partial charge is 0.380 e. The number of nitrogens with one attached hydrogen (secondary N) is 1. The van der Waals surface area contributed by atoms with Crippen molar-refractivity contribution in [3.63, 3.8) is 0 Å². The molecule has 5 nitrogen and oxygen atoms in total. The van der Waals surface area contributed by atoms with E-state index in [1.165, 1.54) is 12.1 Å². The van der Waals surface area contributed by atoms with Gasteiger partial charge >= 0.3 is 0 Å². The number of nitrogens with zero attached hydrogens (tertiary/aromatic N) is 2. The summed E-state index contributed by atoms with van der Waals surface area (Å²) in [6, 6.07) is 4.91. The predicted molar refractivity (Wildman–Crippen MR) is 76.9 cm³/mol. The Morgan fingerprint density at radius 2 is 2.37 bits per heavy atom. The van der Waals surface area contributed by atoms with E-state index in [9.17, 15) is 10.1 Å². The van der Waals surface area contributed by atoms with E-state index in [4.69, 9.17) is 11.6 Å². The molecule has 6 heteroatoms.